The molecule has 0 unspecified atom stereocenters. The first-order chi connectivity index (χ1) is 18.7. The first-order valence-corrected chi connectivity index (χ1v) is 13.3. The van der Waals surface area contributed by atoms with Crippen LogP contribution in [0.15, 0.2) is 47.1 Å². The average molecular weight is 561 g/mol. The lowest BCUT2D eigenvalue weighted by molar-refractivity contribution is -0.170. The molecule has 4 aromatic rings. The van der Waals surface area contributed by atoms with Gasteiger partial charge >= 0.3 is 12.1 Å². The van der Waals surface area contributed by atoms with Gasteiger partial charge in [0, 0.05) is 24.4 Å². The second-order valence-electron chi connectivity index (χ2n) is 11.2. The number of aryl methyl sites for hydroxylation is 2. The fourth-order valence-electron chi connectivity index (χ4n) is 4.44. The molecule has 0 radical (unpaired) electrons. The van der Waals surface area contributed by atoms with Crippen LogP contribution in [-0.2, 0) is 28.7 Å². The van der Waals surface area contributed by atoms with Crippen molar-refractivity contribution in [1.29, 1.82) is 0 Å². The van der Waals surface area contributed by atoms with Crippen molar-refractivity contribution in [2.24, 2.45) is 0 Å². The van der Waals surface area contributed by atoms with Crippen LogP contribution >= 0.6 is 0 Å². The lowest BCUT2D eigenvalue weighted by atomic mass is 10.0. The van der Waals surface area contributed by atoms with E-state index in [-0.39, 0.29) is 11.0 Å². The Kier molecular flexibility index (Phi) is 8.10. The second-order valence-corrected chi connectivity index (χ2v) is 11.2. The summed E-state index contributed by atoms with van der Waals surface area (Å²) in [6, 6.07) is 10.5. The Balaban J connectivity index is 1.44. The minimum Gasteiger partial charge on any atom is -0.493 e. The Bertz CT molecular complexity index is 1500. The molecule has 0 bridgehead atoms. The van der Waals surface area contributed by atoms with Gasteiger partial charge in [-0.25, -0.2) is 4.79 Å². The van der Waals surface area contributed by atoms with Gasteiger partial charge in [-0.3, -0.25) is 0 Å². The lowest BCUT2D eigenvalue weighted by Gasteiger charge is -2.29. The molecule has 216 valence electrons. The van der Waals surface area contributed by atoms with E-state index in [1.165, 1.54) is 6.07 Å². The molecule has 4 rings (SSSR count). The summed E-state index contributed by atoms with van der Waals surface area (Å²) in [6.45, 7) is 11.7. The molecule has 40 heavy (non-hydrogen) atoms. The quantitative estimate of drug-likeness (QED) is 0.146. The maximum absolute atomic E-state index is 13.3. The zero-order chi connectivity index (χ0) is 29.3. The molecule has 0 N–H and O–H groups in total. The number of hydrogen-bond acceptors (Lipinski definition) is 6. The van der Waals surface area contributed by atoms with E-state index >= 15 is 0 Å². The van der Waals surface area contributed by atoms with Gasteiger partial charge in [-0.05, 0) is 83.2 Å². The lowest BCUT2D eigenvalue weighted by Crippen LogP contribution is -2.43. The summed E-state index contributed by atoms with van der Waals surface area (Å²) in [5, 5.41) is 4.23. The van der Waals surface area contributed by atoms with E-state index in [0.717, 1.165) is 10.9 Å². The zero-order valence-electron chi connectivity index (χ0n) is 23.6. The third kappa shape index (κ3) is 6.54. The van der Waals surface area contributed by atoms with Crippen LogP contribution in [-0.4, -0.2) is 33.5 Å². The normalized spacial score (nSPS) is 12.7. The minimum atomic E-state index is -4.59. The second kappa shape index (κ2) is 11.1. The number of rotatable bonds is 10. The molecule has 0 aliphatic rings. The monoisotopic (exact) mass is 560 g/mol. The molecule has 0 saturated heterocycles. The number of alkyl halides is 3. The van der Waals surface area contributed by atoms with Crippen molar-refractivity contribution in [3.05, 3.63) is 53.9 Å². The van der Waals surface area contributed by atoms with E-state index in [2.05, 4.69) is 9.72 Å². The van der Waals surface area contributed by atoms with Gasteiger partial charge in [0.05, 0.1) is 17.5 Å². The first-order valence-electron chi connectivity index (χ1n) is 13.3. The molecule has 2 aromatic heterocycles. The minimum absolute atomic E-state index is 0.0602. The predicted octanol–water partition coefficient (Wildman–Crippen LogP) is 7.72. The molecule has 0 spiro atoms. The van der Waals surface area contributed by atoms with E-state index in [9.17, 15) is 18.0 Å². The van der Waals surface area contributed by atoms with Gasteiger partial charge < -0.3 is 23.3 Å². The third-order valence-corrected chi connectivity index (χ3v) is 6.28. The number of ether oxygens (including phenoxy) is 3. The topological polar surface area (TPSA) is 75.7 Å². The molecule has 2 aromatic carbocycles. The summed E-state index contributed by atoms with van der Waals surface area (Å²) in [7, 11) is 0. The molecule has 0 amide bonds. The number of halogens is 3. The number of fused-ring (bicyclic) bond motifs is 2. The maximum atomic E-state index is 13.3. The number of benzene rings is 2. The summed E-state index contributed by atoms with van der Waals surface area (Å²) in [6.07, 6.45) is -0.764. The smallest absolute Gasteiger partial charge is 0.437 e. The third-order valence-electron chi connectivity index (χ3n) is 6.28. The summed E-state index contributed by atoms with van der Waals surface area (Å²) in [4.78, 5) is 12.6. The molecule has 7 nitrogen and oxygen atoms in total. The maximum Gasteiger partial charge on any atom is 0.437 e. The Hall–Kier alpha value is -3.69. The Morgan fingerprint density at radius 3 is 2.48 bits per heavy atom. The first kappa shape index (κ1) is 29.3. The van der Waals surface area contributed by atoms with Gasteiger partial charge in [-0.15, -0.1) is 0 Å². The van der Waals surface area contributed by atoms with Crippen molar-refractivity contribution in [2.45, 2.75) is 84.7 Å². The summed E-state index contributed by atoms with van der Waals surface area (Å²) < 4.78 is 64.5. The Morgan fingerprint density at radius 1 is 1.05 bits per heavy atom. The van der Waals surface area contributed by atoms with Crippen LogP contribution in [0.1, 0.15) is 65.6 Å². The number of hydrogen-bond donors (Lipinski definition) is 0. The summed E-state index contributed by atoms with van der Waals surface area (Å²) in [5.74, 6) is 0.590. The van der Waals surface area contributed by atoms with E-state index in [0.29, 0.717) is 49.5 Å². The highest BCUT2D eigenvalue weighted by Gasteiger charge is 2.38. The van der Waals surface area contributed by atoms with Gasteiger partial charge in [0.15, 0.2) is 16.9 Å². The van der Waals surface area contributed by atoms with E-state index in [1.54, 1.807) is 19.9 Å². The number of carbonyl (C=O) groups excluding carboxylic acids is 1. The standard InChI is InChI=1S/C30H35F3N2O5/c1-7-9-21-24(13-12-22-25(21)40-34-26(22)30(31,32)33)37-17-8-15-35-16-14-19-10-11-20(18-23(19)35)38-29(5,6)27(36)39-28(2,3)4/h10-14,16,18H,7-9,15,17H2,1-6H3. The summed E-state index contributed by atoms with van der Waals surface area (Å²) >= 11 is 0. The zero-order valence-corrected chi connectivity index (χ0v) is 23.6. The molecule has 0 atom stereocenters. The van der Waals surface area contributed by atoms with Crippen LogP contribution in [0.25, 0.3) is 21.9 Å². The van der Waals surface area contributed by atoms with Crippen molar-refractivity contribution in [2.75, 3.05) is 6.61 Å². The number of aromatic nitrogens is 2. The van der Waals surface area contributed by atoms with Gasteiger partial charge in [0.2, 0.25) is 0 Å². The van der Waals surface area contributed by atoms with Crippen molar-refractivity contribution in [3.8, 4) is 11.5 Å². The summed E-state index contributed by atoms with van der Waals surface area (Å²) in [5.41, 5.74) is -1.18. The highest BCUT2D eigenvalue weighted by molar-refractivity contribution is 5.85. The SMILES string of the molecule is CCCc1c(OCCCn2ccc3ccc(OC(C)(C)C(=O)OC(C)(C)C)cc32)ccc2c(C(F)(F)F)noc12. The average Bonchev–Trinajstić information content (AvgIpc) is 3.46. The Morgan fingerprint density at radius 2 is 1.80 bits per heavy atom. The molecule has 10 heteroatoms. The van der Waals surface area contributed by atoms with Crippen LogP contribution in [0.2, 0.25) is 0 Å². The number of esters is 1. The van der Waals surface area contributed by atoms with Crippen molar-refractivity contribution in [3.63, 3.8) is 0 Å². The van der Waals surface area contributed by atoms with Crippen LogP contribution in [0.5, 0.6) is 11.5 Å². The predicted molar refractivity (Wildman–Crippen MR) is 146 cm³/mol. The number of nitrogens with zero attached hydrogens (tertiary/aromatic N) is 2. The van der Waals surface area contributed by atoms with Crippen LogP contribution in [0, 0.1) is 0 Å². The van der Waals surface area contributed by atoms with Crippen molar-refractivity contribution < 1.29 is 36.7 Å². The van der Waals surface area contributed by atoms with E-state index in [4.69, 9.17) is 18.7 Å². The highest BCUT2D eigenvalue weighted by atomic mass is 19.4. The number of carbonyl (C=O) groups is 1. The molecular formula is C30H35F3N2O5. The van der Waals surface area contributed by atoms with Crippen LogP contribution in [0.4, 0.5) is 13.2 Å². The fraction of sp³-hybridized carbons (Fsp3) is 0.467. The van der Waals surface area contributed by atoms with Crippen molar-refractivity contribution >= 4 is 27.8 Å². The van der Waals surface area contributed by atoms with E-state index < -0.39 is 29.0 Å². The van der Waals surface area contributed by atoms with Crippen LogP contribution < -0.4 is 9.47 Å². The van der Waals surface area contributed by atoms with Gasteiger partial charge in [0.1, 0.15) is 17.1 Å². The molecule has 0 aliphatic carbocycles. The molecule has 2 heterocycles. The van der Waals surface area contributed by atoms with Crippen LogP contribution in [0.3, 0.4) is 0 Å². The van der Waals surface area contributed by atoms with Gasteiger partial charge in [0.25, 0.3) is 0 Å². The molecule has 0 fully saturated rings. The van der Waals surface area contributed by atoms with Gasteiger partial charge in [-0.1, -0.05) is 18.5 Å². The van der Waals surface area contributed by atoms with Gasteiger partial charge in [-0.2, -0.15) is 13.2 Å². The van der Waals surface area contributed by atoms with E-state index in [1.807, 2.05) is 58.2 Å². The molecular weight excluding hydrogens is 525 g/mol. The molecule has 0 saturated carbocycles. The van der Waals surface area contributed by atoms with Crippen molar-refractivity contribution in [1.82, 2.24) is 9.72 Å². The Labute approximate surface area is 231 Å². The highest BCUT2D eigenvalue weighted by Crippen LogP contribution is 2.38. The fourth-order valence-corrected chi connectivity index (χ4v) is 4.44. The molecule has 0 aliphatic heterocycles. The largest absolute Gasteiger partial charge is 0.493 e.